The van der Waals surface area contributed by atoms with Gasteiger partial charge in [-0.1, -0.05) is 38.1 Å². The predicted octanol–water partition coefficient (Wildman–Crippen LogP) is 4.47. The van der Waals surface area contributed by atoms with E-state index in [1.54, 1.807) is 11.1 Å². The van der Waals surface area contributed by atoms with E-state index in [1.807, 2.05) is 0 Å². The molecule has 2 aliphatic rings. The van der Waals surface area contributed by atoms with Crippen LogP contribution in [0.25, 0.3) is 0 Å². The Morgan fingerprint density at radius 2 is 1.83 bits per heavy atom. The Labute approximate surface area is 139 Å². The van der Waals surface area contributed by atoms with Crippen molar-refractivity contribution in [2.75, 3.05) is 18.6 Å². The summed E-state index contributed by atoms with van der Waals surface area (Å²) in [5.41, 5.74) is 7.44. The second-order valence-electron chi connectivity index (χ2n) is 7.55. The van der Waals surface area contributed by atoms with Gasteiger partial charge in [0.05, 0.1) is 11.3 Å². The van der Waals surface area contributed by atoms with E-state index < -0.39 is 0 Å². The second kappa shape index (κ2) is 5.23. The minimum absolute atomic E-state index is 0.274. The molecule has 0 bridgehead atoms. The van der Waals surface area contributed by atoms with Crippen LogP contribution in [0.2, 0.25) is 0 Å². The summed E-state index contributed by atoms with van der Waals surface area (Å²) >= 11 is 0. The molecule has 0 fully saturated rings. The van der Waals surface area contributed by atoms with Crippen molar-refractivity contribution in [1.29, 1.82) is 0 Å². The highest BCUT2D eigenvalue weighted by atomic mass is 15.3. The Bertz CT molecular complexity index is 772. The lowest BCUT2D eigenvalue weighted by molar-refractivity contribution is -0.435. The number of benzene rings is 2. The highest BCUT2D eigenvalue weighted by Crippen LogP contribution is 2.44. The summed E-state index contributed by atoms with van der Waals surface area (Å²) in [5.74, 6) is 0. The molecule has 2 heteroatoms. The van der Waals surface area contributed by atoms with Gasteiger partial charge in [-0.3, -0.25) is 0 Å². The van der Waals surface area contributed by atoms with E-state index in [2.05, 4.69) is 79.0 Å². The van der Waals surface area contributed by atoms with Crippen LogP contribution in [0.3, 0.4) is 0 Å². The zero-order valence-electron chi connectivity index (χ0n) is 14.3. The largest absolute Gasteiger partial charge is 0.319 e. The van der Waals surface area contributed by atoms with Crippen LogP contribution < -0.4 is 4.90 Å². The van der Waals surface area contributed by atoms with Crippen LogP contribution in [0.4, 0.5) is 11.4 Å². The molecule has 2 nitrogen and oxygen atoms in total. The molecule has 2 aromatic rings. The first kappa shape index (κ1) is 14.5. The Hall–Kier alpha value is -2.09. The molecule has 2 aromatic carbocycles. The van der Waals surface area contributed by atoms with Gasteiger partial charge in [-0.05, 0) is 41.9 Å². The molecule has 1 heterocycles. The molecular weight excluding hydrogens is 280 g/mol. The van der Waals surface area contributed by atoms with Gasteiger partial charge in [0.2, 0.25) is 12.4 Å². The van der Waals surface area contributed by atoms with Crippen molar-refractivity contribution >= 4 is 17.6 Å². The van der Waals surface area contributed by atoms with Crippen LogP contribution in [0, 0.1) is 0 Å². The van der Waals surface area contributed by atoms with Crippen LogP contribution in [0.5, 0.6) is 0 Å². The lowest BCUT2D eigenvalue weighted by Crippen LogP contribution is -2.36. The molecule has 23 heavy (non-hydrogen) atoms. The highest BCUT2D eigenvalue weighted by Gasteiger charge is 2.35. The fourth-order valence-corrected chi connectivity index (χ4v) is 4.26. The minimum atomic E-state index is 0.274. The minimum Gasteiger partial charge on any atom is -0.319 e. The third kappa shape index (κ3) is 2.37. The SMILES string of the molecule is CN1C[N+](c2ccccc2)=Cc2ccc3c(c21)C(C)(C)CCC3. The normalized spacial score (nSPS) is 18.9. The first-order valence-electron chi connectivity index (χ1n) is 8.60. The lowest BCUT2D eigenvalue weighted by Gasteiger charge is -2.38. The fraction of sp³-hybridized carbons (Fsp3) is 0.381. The molecule has 0 aromatic heterocycles. The number of fused-ring (bicyclic) bond motifs is 3. The first-order valence-corrected chi connectivity index (χ1v) is 8.60. The first-order chi connectivity index (χ1) is 11.1. The van der Waals surface area contributed by atoms with E-state index in [0.717, 1.165) is 6.67 Å². The van der Waals surface area contributed by atoms with Gasteiger partial charge in [-0.25, -0.2) is 0 Å². The molecule has 0 N–H and O–H groups in total. The summed E-state index contributed by atoms with van der Waals surface area (Å²) in [6.45, 7) is 5.72. The predicted molar refractivity (Wildman–Crippen MR) is 97.2 cm³/mol. The van der Waals surface area contributed by atoms with Gasteiger partial charge in [0.15, 0.2) is 6.21 Å². The van der Waals surface area contributed by atoms with Crippen molar-refractivity contribution in [3.8, 4) is 0 Å². The second-order valence-corrected chi connectivity index (χ2v) is 7.55. The van der Waals surface area contributed by atoms with Gasteiger partial charge in [0, 0.05) is 19.2 Å². The third-order valence-electron chi connectivity index (χ3n) is 5.35. The third-order valence-corrected chi connectivity index (χ3v) is 5.35. The average molecular weight is 305 g/mol. The van der Waals surface area contributed by atoms with Gasteiger partial charge in [0.25, 0.3) is 0 Å². The van der Waals surface area contributed by atoms with Gasteiger partial charge < -0.3 is 4.90 Å². The van der Waals surface area contributed by atoms with Gasteiger partial charge in [0.1, 0.15) is 0 Å². The summed E-state index contributed by atoms with van der Waals surface area (Å²) in [6.07, 6.45) is 6.13. The van der Waals surface area contributed by atoms with E-state index in [9.17, 15) is 0 Å². The van der Waals surface area contributed by atoms with E-state index in [-0.39, 0.29) is 5.41 Å². The Morgan fingerprint density at radius 1 is 1.04 bits per heavy atom. The van der Waals surface area contributed by atoms with Crippen LogP contribution >= 0.6 is 0 Å². The zero-order chi connectivity index (χ0) is 16.0. The molecule has 1 aliphatic heterocycles. The monoisotopic (exact) mass is 305 g/mol. The Balaban J connectivity index is 1.89. The number of rotatable bonds is 1. The molecule has 0 unspecified atom stereocenters. The fourth-order valence-electron chi connectivity index (χ4n) is 4.26. The number of nitrogens with zero attached hydrogens (tertiary/aromatic N) is 2. The number of para-hydroxylation sites is 1. The number of hydrogen-bond donors (Lipinski definition) is 0. The Morgan fingerprint density at radius 3 is 2.61 bits per heavy atom. The van der Waals surface area contributed by atoms with Gasteiger partial charge >= 0.3 is 0 Å². The highest BCUT2D eigenvalue weighted by molar-refractivity contribution is 5.89. The molecule has 4 rings (SSSR count). The number of anilines is 1. The maximum absolute atomic E-state index is 2.42. The average Bonchev–Trinajstić information content (AvgIpc) is 2.55. The molecule has 118 valence electrons. The molecule has 0 saturated carbocycles. The van der Waals surface area contributed by atoms with Crippen molar-refractivity contribution in [1.82, 2.24) is 0 Å². The standard InChI is InChI=1S/C21H25N2/c1-21(2)13-7-8-16-11-12-17-14-23(18-9-5-4-6-10-18)15-22(3)20(17)19(16)21/h4-6,9-12,14H,7-8,13,15H2,1-3H3/q+1. The molecule has 1 aliphatic carbocycles. The molecule has 0 spiro atoms. The van der Waals surface area contributed by atoms with Crippen molar-refractivity contribution in [3.05, 3.63) is 59.2 Å². The molecule has 0 radical (unpaired) electrons. The van der Waals surface area contributed by atoms with Gasteiger partial charge in [-0.2, -0.15) is 4.58 Å². The summed E-state index contributed by atoms with van der Waals surface area (Å²) in [6, 6.07) is 15.3. The van der Waals surface area contributed by atoms with E-state index in [4.69, 9.17) is 0 Å². The van der Waals surface area contributed by atoms with Crippen LogP contribution in [-0.4, -0.2) is 24.5 Å². The lowest BCUT2D eigenvalue weighted by atomic mass is 9.71. The molecular formula is C21H25N2+. The summed E-state index contributed by atoms with van der Waals surface area (Å²) in [5, 5.41) is 0. The molecule has 0 amide bonds. The van der Waals surface area contributed by atoms with Crippen molar-refractivity contribution in [2.24, 2.45) is 0 Å². The van der Waals surface area contributed by atoms with Crippen molar-refractivity contribution in [3.63, 3.8) is 0 Å². The van der Waals surface area contributed by atoms with Crippen LogP contribution in [0.1, 0.15) is 43.4 Å². The topological polar surface area (TPSA) is 6.25 Å². The van der Waals surface area contributed by atoms with Crippen LogP contribution in [-0.2, 0) is 11.8 Å². The van der Waals surface area contributed by atoms with E-state index in [1.165, 1.54) is 36.2 Å². The van der Waals surface area contributed by atoms with Crippen molar-refractivity contribution in [2.45, 2.75) is 38.5 Å². The van der Waals surface area contributed by atoms with Crippen LogP contribution in [0.15, 0.2) is 42.5 Å². The maximum atomic E-state index is 2.42. The van der Waals surface area contributed by atoms with Crippen molar-refractivity contribution < 1.29 is 4.58 Å². The maximum Gasteiger partial charge on any atom is 0.224 e. The Kier molecular flexibility index (Phi) is 3.29. The molecule has 0 atom stereocenters. The number of hydrogen-bond acceptors (Lipinski definition) is 1. The zero-order valence-corrected chi connectivity index (χ0v) is 14.3. The quantitative estimate of drug-likeness (QED) is 0.705. The van der Waals surface area contributed by atoms with E-state index in [0.29, 0.717) is 0 Å². The smallest absolute Gasteiger partial charge is 0.224 e. The van der Waals surface area contributed by atoms with E-state index >= 15 is 0 Å². The molecule has 0 saturated heterocycles. The summed E-state index contributed by atoms with van der Waals surface area (Å²) in [7, 11) is 2.23. The number of aryl methyl sites for hydroxylation is 1. The summed E-state index contributed by atoms with van der Waals surface area (Å²) < 4.78 is 2.34. The van der Waals surface area contributed by atoms with Gasteiger partial charge in [-0.15, -0.1) is 0 Å². The summed E-state index contributed by atoms with van der Waals surface area (Å²) in [4.78, 5) is 2.42.